The number of hydrogen-bond donors (Lipinski definition) is 0. The molecule has 4 nitrogen and oxygen atoms in total. The van der Waals surface area contributed by atoms with E-state index in [0.29, 0.717) is 30.3 Å². The fourth-order valence-corrected chi connectivity index (χ4v) is 3.61. The average Bonchev–Trinajstić information content (AvgIpc) is 2.76. The van der Waals surface area contributed by atoms with E-state index in [0.717, 1.165) is 31.7 Å². The summed E-state index contributed by atoms with van der Waals surface area (Å²) in [5.74, 6) is 1.88. The molecule has 0 unspecified atom stereocenters. The van der Waals surface area contributed by atoms with Crippen molar-refractivity contribution in [2.75, 3.05) is 18.0 Å². The molecule has 2 bridgehead atoms. The van der Waals surface area contributed by atoms with Gasteiger partial charge in [0.25, 0.3) is 0 Å². The van der Waals surface area contributed by atoms with Crippen LogP contribution in [0.4, 0.5) is 5.82 Å². The van der Waals surface area contributed by atoms with Gasteiger partial charge in [0.05, 0.1) is 0 Å². The molecular formula is C17H25N3O. The van der Waals surface area contributed by atoms with Gasteiger partial charge in [-0.1, -0.05) is 26.8 Å². The van der Waals surface area contributed by atoms with Crippen LogP contribution in [-0.4, -0.2) is 41.0 Å². The van der Waals surface area contributed by atoms with Gasteiger partial charge in [-0.05, 0) is 30.4 Å². The van der Waals surface area contributed by atoms with Crippen LogP contribution in [0.1, 0.15) is 51.5 Å². The minimum absolute atomic E-state index is 0.310. The molecule has 2 aliphatic rings. The molecule has 21 heavy (non-hydrogen) atoms. The molecule has 4 heteroatoms. The van der Waals surface area contributed by atoms with Crippen molar-refractivity contribution in [3.05, 3.63) is 23.9 Å². The largest absolute Gasteiger partial charge is 0.352 e. The zero-order chi connectivity index (χ0) is 15.0. The molecule has 2 saturated heterocycles. The van der Waals surface area contributed by atoms with E-state index < -0.39 is 0 Å². The van der Waals surface area contributed by atoms with Crippen molar-refractivity contribution in [3.8, 4) is 0 Å². The van der Waals surface area contributed by atoms with Crippen LogP contribution in [0, 0.1) is 0 Å². The van der Waals surface area contributed by atoms with E-state index in [-0.39, 0.29) is 0 Å². The zero-order valence-corrected chi connectivity index (χ0v) is 13.2. The molecule has 0 N–H and O–H groups in total. The Kier molecular flexibility index (Phi) is 3.87. The third-order valence-electron chi connectivity index (χ3n) is 4.83. The first-order chi connectivity index (χ1) is 10.1. The number of aromatic nitrogens is 1. The Bertz CT molecular complexity index is 497. The molecule has 114 valence electrons. The standard InChI is InChI=1S/C17H25N3O/c1-4-17(21)20-14-6-7-15(20)11-19(10-14)16-8-5-13(9-18-16)12(2)3/h5,8-9,12,14-15H,4,6-7,10-11H2,1-3H3/t14-,15+. The number of carbonyl (C=O) groups excluding carboxylic acids is 1. The van der Waals surface area contributed by atoms with Crippen molar-refractivity contribution < 1.29 is 4.79 Å². The molecule has 3 heterocycles. The predicted molar refractivity (Wildman–Crippen MR) is 84.5 cm³/mol. The van der Waals surface area contributed by atoms with Gasteiger partial charge in [0, 0.05) is 37.8 Å². The minimum Gasteiger partial charge on any atom is -0.352 e. The van der Waals surface area contributed by atoms with Gasteiger partial charge in [-0.15, -0.1) is 0 Å². The lowest BCUT2D eigenvalue weighted by Gasteiger charge is -2.41. The van der Waals surface area contributed by atoms with Crippen molar-refractivity contribution in [2.24, 2.45) is 0 Å². The lowest BCUT2D eigenvalue weighted by molar-refractivity contribution is -0.134. The second kappa shape index (κ2) is 5.66. The molecule has 2 atom stereocenters. The Balaban J connectivity index is 1.74. The molecule has 1 aromatic rings. The van der Waals surface area contributed by atoms with Gasteiger partial charge < -0.3 is 9.80 Å². The van der Waals surface area contributed by atoms with E-state index >= 15 is 0 Å². The van der Waals surface area contributed by atoms with E-state index in [1.54, 1.807) is 0 Å². The van der Waals surface area contributed by atoms with Crippen molar-refractivity contribution in [1.29, 1.82) is 0 Å². The Morgan fingerprint density at radius 1 is 1.29 bits per heavy atom. The summed E-state index contributed by atoms with van der Waals surface area (Å²) in [5.41, 5.74) is 1.28. The fraction of sp³-hybridized carbons (Fsp3) is 0.647. The predicted octanol–water partition coefficient (Wildman–Crippen LogP) is 2.79. The molecule has 0 spiro atoms. The third kappa shape index (κ3) is 2.63. The summed E-state index contributed by atoms with van der Waals surface area (Å²) in [6.45, 7) is 8.19. The number of nitrogens with zero attached hydrogens (tertiary/aromatic N) is 3. The summed E-state index contributed by atoms with van der Waals surface area (Å²) in [4.78, 5) is 21.2. The molecule has 0 saturated carbocycles. The van der Waals surface area contributed by atoms with Gasteiger partial charge in [-0.3, -0.25) is 4.79 Å². The highest BCUT2D eigenvalue weighted by atomic mass is 16.2. The summed E-state index contributed by atoms with van der Waals surface area (Å²) >= 11 is 0. The molecule has 1 amide bonds. The number of hydrogen-bond acceptors (Lipinski definition) is 3. The third-order valence-corrected chi connectivity index (χ3v) is 4.83. The lowest BCUT2D eigenvalue weighted by Crippen LogP contribution is -2.56. The molecule has 3 rings (SSSR count). The maximum absolute atomic E-state index is 12.1. The van der Waals surface area contributed by atoms with Crippen molar-refractivity contribution in [3.63, 3.8) is 0 Å². The Hall–Kier alpha value is -1.58. The van der Waals surface area contributed by atoms with Gasteiger partial charge in [-0.2, -0.15) is 0 Å². The summed E-state index contributed by atoms with van der Waals surface area (Å²) in [6.07, 6.45) is 4.88. The zero-order valence-electron chi connectivity index (χ0n) is 13.2. The van der Waals surface area contributed by atoms with Gasteiger partial charge >= 0.3 is 0 Å². The minimum atomic E-state index is 0.310. The molecular weight excluding hydrogens is 262 g/mol. The van der Waals surface area contributed by atoms with Gasteiger partial charge in [0.2, 0.25) is 5.91 Å². The van der Waals surface area contributed by atoms with Crippen LogP contribution < -0.4 is 4.90 Å². The number of rotatable bonds is 3. The topological polar surface area (TPSA) is 36.4 Å². The molecule has 2 aliphatic heterocycles. The molecule has 0 aliphatic carbocycles. The second-order valence-electron chi connectivity index (χ2n) is 6.55. The number of piperazine rings is 1. The van der Waals surface area contributed by atoms with E-state index in [4.69, 9.17) is 0 Å². The highest BCUT2D eigenvalue weighted by Crippen LogP contribution is 2.32. The van der Waals surface area contributed by atoms with Crippen molar-refractivity contribution >= 4 is 11.7 Å². The van der Waals surface area contributed by atoms with E-state index in [2.05, 4.69) is 40.8 Å². The maximum Gasteiger partial charge on any atom is 0.222 e. The summed E-state index contributed by atoms with van der Waals surface area (Å²) in [7, 11) is 0. The first-order valence-corrected chi connectivity index (χ1v) is 8.12. The van der Waals surface area contributed by atoms with Crippen LogP contribution in [0.15, 0.2) is 18.3 Å². The molecule has 1 aromatic heterocycles. The van der Waals surface area contributed by atoms with Crippen molar-refractivity contribution in [2.45, 2.75) is 58.0 Å². The first kappa shape index (κ1) is 14.4. The molecule has 2 fully saturated rings. The number of fused-ring (bicyclic) bond motifs is 2. The number of carbonyl (C=O) groups is 1. The summed E-state index contributed by atoms with van der Waals surface area (Å²) < 4.78 is 0. The van der Waals surface area contributed by atoms with E-state index in [1.165, 1.54) is 5.56 Å². The molecule has 0 radical (unpaired) electrons. The van der Waals surface area contributed by atoms with Crippen LogP contribution in [0.25, 0.3) is 0 Å². The SMILES string of the molecule is CCC(=O)N1[C@@H]2CC[C@H]1CN(c1ccc(C(C)C)cn1)C2. The van der Waals surface area contributed by atoms with Crippen LogP contribution in [0.3, 0.4) is 0 Å². The van der Waals surface area contributed by atoms with Gasteiger partial charge in [0.15, 0.2) is 0 Å². The van der Waals surface area contributed by atoms with Gasteiger partial charge in [0.1, 0.15) is 5.82 Å². The summed E-state index contributed by atoms with van der Waals surface area (Å²) in [6, 6.07) is 5.07. The highest BCUT2D eigenvalue weighted by molar-refractivity contribution is 5.77. The van der Waals surface area contributed by atoms with Crippen LogP contribution >= 0.6 is 0 Å². The van der Waals surface area contributed by atoms with E-state index in [9.17, 15) is 4.79 Å². The van der Waals surface area contributed by atoms with Gasteiger partial charge in [-0.25, -0.2) is 4.98 Å². The quantitative estimate of drug-likeness (QED) is 0.857. The first-order valence-electron chi connectivity index (χ1n) is 8.12. The van der Waals surface area contributed by atoms with Crippen LogP contribution in [0.5, 0.6) is 0 Å². The fourth-order valence-electron chi connectivity index (χ4n) is 3.61. The number of amides is 1. The number of anilines is 1. The highest BCUT2D eigenvalue weighted by Gasteiger charge is 2.42. The number of pyridine rings is 1. The van der Waals surface area contributed by atoms with E-state index in [1.807, 2.05) is 13.1 Å². The summed E-state index contributed by atoms with van der Waals surface area (Å²) in [5, 5.41) is 0. The smallest absolute Gasteiger partial charge is 0.222 e. The second-order valence-corrected chi connectivity index (χ2v) is 6.55. The Morgan fingerprint density at radius 2 is 1.95 bits per heavy atom. The lowest BCUT2D eigenvalue weighted by atomic mass is 10.1. The molecule has 0 aromatic carbocycles. The Labute approximate surface area is 127 Å². The van der Waals surface area contributed by atoms with Crippen LogP contribution in [-0.2, 0) is 4.79 Å². The van der Waals surface area contributed by atoms with Crippen molar-refractivity contribution in [1.82, 2.24) is 9.88 Å². The van der Waals surface area contributed by atoms with Crippen LogP contribution in [0.2, 0.25) is 0 Å². The maximum atomic E-state index is 12.1. The average molecular weight is 287 g/mol. The Morgan fingerprint density at radius 3 is 2.43 bits per heavy atom. The monoisotopic (exact) mass is 287 g/mol. The normalized spacial score (nSPS) is 24.8.